The van der Waals surface area contributed by atoms with E-state index in [2.05, 4.69) is 10.6 Å². The van der Waals surface area contributed by atoms with Gasteiger partial charge in [-0.25, -0.2) is 8.78 Å². The molecule has 0 unspecified atom stereocenters. The molecule has 0 bridgehead atoms. The van der Waals surface area contributed by atoms with Crippen LogP contribution in [-0.4, -0.2) is 33.1 Å². The molecule has 0 aliphatic rings. The number of carbonyl (C=O) groups excluding carboxylic acids is 2. The summed E-state index contributed by atoms with van der Waals surface area (Å²) in [4.78, 5) is 24.9. The predicted octanol–water partition coefficient (Wildman–Crippen LogP) is 4.50. The molecule has 3 aromatic rings. The minimum atomic E-state index is -1.11. The average molecular weight is 442 g/mol. The number of ether oxygens (including phenoxy) is 3. The van der Waals surface area contributed by atoms with Gasteiger partial charge in [0.2, 0.25) is 5.75 Å². The number of benzene rings is 3. The Kier molecular flexibility index (Phi) is 6.89. The van der Waals surface area contributed by atoms with Crippen molar-refractivity contribution in [2.24, 2.45) is 0 Å². The number of nitrogens with one attached hydrogen (secondary N) is 2. The van der Waals surface area contributed by atoms with E-state index in [0.717, 1.165) is 12.1 Å². The van der Waals surface area contributed by atoms with Crippen molar-refractivity contribution in [2.75, 3.05) is 32.0 Å². The van der Waals surface area contributed by atoms with E-state index >= 15 is 0 Å². The maximum Gasteiger partial charge on any atom is 0.255 e. The van der Waals surface area contributed by atoms with Crippen LogP contribution in [0.2, 0.25) is 0 Å². The van der Waals surface area contributed by atoms with Gasteiger partial charge in [-0.1, -0.05) is 0 Å². The largest absolute Gasteiger partial charge is 0.493 e. The maximum absolute atomic E-state index is 13.3. The molecule has 0 atom stereocenters. The molecule has 2 amide bonds. The van der Waals surface area contributed by atoms with Crippen LogP contribution in [0.15, 0.2) is 54.6 Å². The first-order chi connectivity index (χ1) is 15.4. The number of anilines is 2. The summed E-state index contributed by atoms with van der Waals surface area (Å²) >= 11 is 0. The van der Waals surface area contributed by atoms with Gasteiger partial charge in [0, 0.05) is 22.5 Å². The van der Waals surface area contributed by atoms with Crippen LogP contribution in [0.3, 0.4) is 0 Å². The van der Waals surface area contributed by atoms with Gasteiger partial charge in [0.05, 0.1) is 21.3 Å². The first-order valence-electron chi connectivity index (χ1n) is 9.34. The predicted molar refractivity (Wildman–Crippen MR) is 115 cm³/mol. The first kappa shape index (κ1) is 22.5. The van der Waals surface area contributed by atoms with Crippen LogP contribution in [0, 0.1) is 11.6 Å². The Hall–Kier alpha value is -4.14. The molecule has 0 spiro atoms. The van der Waals surface area contributed by atoms with Crippen LogP contribution in [0.25, 0.3) is 0 Å². The van der Waals surface area contributed by atoms with Gasteiger partial charge in [-0.15, -0.1) is 0 Å². The van der Waals surface area contributed by atoms with Crippen molar-refractivity contribution in [1.29, 1.82) is 0 Å². The molecule has 166 valence electrons. The molecule has 3 aromatic carbocycles. The standard InChI is InChI=1S/C23H20F2N2O5/c1-30-19-11-14(12-20(31-2)21(19)32-3)23(29)27-16-7-5-15(6-8-16)26-22(28)13-4-9-17(24)18(25)10-13/h4-12H,1-3H3,(H,26,28)(H,27,29). The van der Waals surface area contributed by atoms with E-state index in [-0.39, 0.29) is 11.1 Å². The molecule has 0 aliphatic carbocycles. The summed E-state index contributed by atoms with van der Waals surface area (Å²) < 4.78 is 42.1. The Labute approximate surface area is 182 Å². The van der Waals surface area contributed by atoms with Crippen molar-refractivity contribution >= 4 is 23.2 Å². The Morgan fingerprint density at radius 1 is 0.656 bits per heavy atom. The fourth-order valence-electron chi connectivity index (χ4n) is 2.89. The van der Waals surface area contributed by atoms with Crippen LogP contribution in [0.4, 0.5) is 20.2 Å². The van der Waals surface area contributed by atoms with Gasteiger partial charge < -0.3 is 24.8 Å². The molecule has 0 heterocycles. The van der Waals surface area contributed by atoms with E-state index in [1.807, 2.05) is 0 Å². The molecule has 3 rings (SSSR count). The highest BCUT2D eigenvalue weighted by Crippen LogP contribution is 2.38. The number of hydrogen-bond acceptors (Lipinski definition) is 5. The van der Waals surface area contributed by atoms with Gasteiger partial charge in [-0.05, 0) is 54.6 Å². The Bertz CT molecular complexity index is 1120. The molecule has 0 saturated carbocycles. The highest BCUT2D eigenvalue weighted by atomic mass is 19.2. The lowest BCUT2D eigenvalue weighted by Gasteiger charge is -2.14. The lowest BCUT2D eigenvalue weighted by Crippen LogP contribution is -2.14. The zero-order valence-corrected chi connectivity index (χ0v) is 17.5. The van der Waals surface area contributed by atoms with E-state index in [0.29, 0.717) is 28.6 Å². The van der Waals surface area contributed by atoms with Crippen molar-refractivity contribution in [3.05, 3.63) is 77.4 Å². The second-order valence-corrected chi connectivity index (χ2v) is 6.53. The van der Waals surface area contributed by atoms with Gasteiger partial charge in [-0.2, -0.15) is 0 Å². The van der Waals surface area contributed by atoms with Crippen molar-refractivity contribution in [1.82, 2.24) is 0 Å². The van der Waals surface area contributed by atoms with Crippen molar-refractivity contribution in [2.45, 2.75) is 0 Å². The number of rotatable bonds is 7. The third-order valence-corrected chi connectivity index (χ3v) is 4.51. The van der Waals surface area contributed by atoms with E-state index < -0.39 is 23.4 Å². The van der Waals surface area contributed by atoms with Gasteiger partial charge in [0.15, 0.2) is 23.1 Å². The molecular weight excluding hydrogens is 422 g/mol. The number of carbonyl (C=O) groups is 2. The lowest BCUT2D eigenvalue weighted by molar-refractivity contribution is 0.101. The molecule has 32 heavy (non-hydrogen) atoms. The normalized spacial score (nSPS) is 10.3. The summed E-state index contributed by atoms with van der Waals surface area (Å²) in [6.45, 7) is 0. The SMILES string of the molecule is COc1cc(C(=O)Nc2ccc(NC(=O)c3ccc(F)c(F)c3)cc2)cc(OC)c1OC. The quantitative estimate of drug-likeness (QED) is 0.563. The molecular formula is C23H20F2N2O5. The molecule has 0 aromatic heterocycles. The Morgan fingerprint density at radius 2 is 1.16 bits per heavy atom. The summed E-state index contributed by atoms with van der Waals surface area (Å²) in [5.74, 6) is -2.11. The highest BCUT2D eigenvalue weighted by Gasteiger charge is 2.17. The minimum absolute atomic E-state index is 0.0244. The molecule has 0 fully saturated rings. The van der Waals surface area contributed by atoms with E-state index in [1.165, 1.54) is 39.5 Å². The lowest BCUT2D eigenvalue weighted by atomic mass is 10.1. The summed E-state index contributed by atoms with van der Waals surface area (Å²) in [6, 6.07) is 12.2. The molecule has 0 aliphatic heterocycles. The maximum atomic E-state index is 13.3. The summed E-state index contributed by atoms with van der Waals surface area (Å²) in [5, 5.41) is 5.30. The number of hydrogen-bond donors (Lipinski definition) is 2. The monoisotopic (exact) mass is 442 g/mol. The summed E-state index contributed by atoms with van der Waals surface area (Å²) in [6.07, 6.45) is 0. The van der Waals surface area contributed by atoms with E-state index in [4.69, 9.17) is 14.2 Å². The fourth-order valence-corrected chi connectivity index (χ4v) is 2.89. The molecule has 9 heteroatoms. The number of methoxy groups -OCH3 is 3. The van der Waals surface area contributed by atoms with Gasteiger partial charge in [0.25, 0.3) is 11.8 Å². The number of amides is 2. The van der Waals surface area contributed by atoms with Crippen LogP contribution in [0.5, 0.6) is 17.2 Å². The average Bonchev–Trinajstić information content (AvgIpc) is 2.80. The zero-order valence-electron chi connectivity index (χ0n) is 17.5. The van der Waals surface area contributed by atoms with Crippen LogP contribution >= 0.6 is 0 Å². The van der Waals surface area contributed by atoms with Crippen molar-refractivity contribution in [3.63, 3.8) is 0 Å². The van der Waals surface area contributed by atoms with Gasteiger partial charge in [-0.3, -0.25) is 9.59 Å². The third kappa shape index (κ3) is 4.94. The fraction of sp³-hybridized carbons (Fsp3) is 0.130. The number of halogens is 2. The van der Waals surface area contributed by atoms with Crippen LogP contribution in [0.1, 0.15) is 20.7 Å². The Balaban J connectivity index is 1.71. The highest BCUT2D eigenvalue weighted by molar-refractivity contribution is 6.06. The van der Waals surface area contributed by atoms with Crippen LogP contribution in [-0.2, 0) is 0 Å². The summed E-state index contributed by atoms with van der Waals surface area (Å²) in [7, 11) is 4.37. The van der Waals surface area contributed by atoms with Crippen molar-refractivity contribution < 1.29 is 32.6 Å². The topological polar surface area (TPSA) is 85.9 Å². The van der Waals surface area contributed by atoms with Crippen molar-refractivity contribution in [3.8, 4) is 17.2 Å². The Morgan fingerprint density at radius 3 is 1.59 bits per heavy atom. The minimum Gasteiger partial charge on any atom is -0.493 e. The molecule has 2 N–H and O–H groups in total. The smallest absolute Gasteiger partial charge is 0.255 e. The zero-order chi connectivity index (χ0) is 23.3. The van der Waals surface area contributed by atoms with Gasteiger partial charge >= 0.3 is 0 Å². The van der Waals surface area contributed by atoms with E-state index in [9.17, 15) is 18.4 Å². The van der Waals surface area contributed by atoms with Gasteiger partial charge in [0.1, 0.15) is 0 Å². The molecule has 0 radical (unpaired) electrons. The second-order valence-electron chi connectivity index (χ2n) is 6.53. The third-order valence-electron chi connectivity index (χ3n) is 4.51. The van der Waals surface area contributed by atoms with E-state index in [1.54, 1.807) is 24.3 Å². The molecule has 7 nitrogen and oxygen atoms in total. The molecule has 0 saturated heterocycles. The second kappa shape index (κ2) is 9.78. The summed E-state index contributed by atoms with van der Waals surface area (Å²) in [5.41, 5.74) is 1.14. The van der Waals surface area contributed by atoms with Crippen LogP contribution < -0.4 is 24.8 Å². The first-order valence-corrected chi connectivity index (χ1v) is 9.34.